The van der Waals surface area contributed by atoms with Gasteiger partial charge in [-0.1, -0.05) is 0 Å². The van der Waals surface area contributed by atoms with Crippen LogP contribution in [0.5, 0.6) is 0 Å². The molecule has 0 spiro atoms. The Hall–Kier alpha value is -1.40. The molecule has 0 fully saturated rings. The maximum absolute atomic E-state index is 11.7. The van der Waals surface area contributed by atoms with Crippen LogP contribution in [-0.4, -0.2) is 41.2 Å². The van der Waals surface area contributed by atoms with Crippen LogP contribution in [0.4, 0.5) is 0 Å². The molecule has 1 heterocycles. The number of aryl methyl sites for hydroxylation is 1. The molecule has 1 aromatic rings. The lowest BCUT2D eigenvalue weighted by atomic mass is 10.2. The minimum absolute atomic E-state index is 0.175. The van der Waals surface area contributed by atoms with Crippen molar-refractivity contribution in [2.45, 2.75) is 39.9 Å². The van der Waals surface area contributed by atoms with Gasteiger partial charge in [-0.05, 0) is 27.7 Å². The van der Waals surface area contributed by atoms with Crippen molar-refractivity contribution in [2.24, 2.45) is 7.05 Å². The molecule has 0 aliphatic rings. The van der Waals surface area contributed by atoms with E-state index in [1.807, 2.05) is 20.8 Å². The third-order valence-corrected chi connectivity index (χ3v) is 2.56. The molecule has 0 saturated carbocycles. The van der Waals surface area contributed by atoms with E-state index < -0.39 is 0 Å². The highest BCUT2D eigenvalue weighted by molar-refractivity contribution is 5.90. The number of nitrogens with zero attached hydrogens (tertiary/aromatic N) is 2. The van der Waals surface area contributed by atoms with Crippen molar-refractivity contribution in [1.82, 2.24) is 9.78 Å². The van der Waals surface area contributed by atoms with E-state index in [9.17, 15) is 4.79 Å². The largest absolute Gasteiger partial charge is 0.462 e. The topological polar surface area (TPSA) is 62.6 Å². The number of rotatable bonds is 7. The highest BCUT2D eigenvalue weighted by Gasteiger charge is 2.17. The van der Waals surface area contributed by atoms with Crippen molar-refractivity contribution in [3.8, 4) is 0 Å². The van der Waals surface area contributed by atoms with Gasteiger partial charge in [-0.15, -0.1) is 0 Å². The first-order chi connectivity index (χ1) is 9.35. The van der Waals surface area contributed by atoms with Crippen LogP contribution in [0.3, 0.4) is 0 Å². The van der Waals surface area contributed by atoms with Gasteiger partial charge >= 0.3 is 5.97 Å². The Morgan fingerprint density at radius 3 is 2.65 bits per heavy atom. The van der Waals surface area contributed by atoms with Crippen LogP contribution >= 0.6 is 0 Å². The summed E-state index contributed by atoms with van der Waals surface area (Å²) in [6, 6.07) is 0. The fraction of sp³-hybridized carbons (Fsp3) is 0.714. The van der Waals surface area contributed by atoms with Gasteiger partial charge in [0.2, 0.25) is 0 Å². The first-order valence-electron chi connectivity index (χ1n) is 6.75. The molecule has 0 N–H and O–H groups in total. The molecule has 1 aromatic heterocycles. The molecule has 0 radical (unpaired) electrons. The lowest BCUT2D eigenvalue weighted by Crippen LogP contribution is -2.22. The number of ether oxygens (including phenoxy) is 3. The Balaban J connectivity index is 2.47. The molecule has 6 nitrogen and oxygen atoms in total. The van der Waals surface area contributed by atoms with E-state index in [0.29, 0.717) is 37.7 Å². The molecule has 20 heavy (non-hydrogen) atoms. The van der Waals surface area contributed by atoms with Gasteiger partial charge in [0.15, 0.2) is 0 Å². The molecule has 0 unspecified atom stereocenters. The lowest BCUT2D eigenvalue weighted by Gasteiger charge is -2.19. The van der Waals surface area contributed by atoms with Crippen molar-refractivity contribution in [3.05, 3.63) is 17.5 Å². The molecule has 0 aliphatic carbocycles. The van der Waals surface area contributed by atoms with E-state index in [4.69, 9.17) is 14.2 Å². The van der Waals surface area contributed by atoms with Gasteiger partial charge in [0.25, 0.3) is 0 Å². The summed E-state index contributed by atoms with van der Waals surface area (Å²) in [4.78, 5) is 11.7. The average Bonchev–Trinajstić information content (AvgIpc) is 2.69. The Morgan fingerprint density at radius 1 is 1.35 bits per heavy atom. The maximum atomic E-state index is 11.7. The fourth-order valence-electron chi connectivity index (χ4n) is 1.59. The molecule has 0 bridgehead atoms. The normalized spacial score (nSPS) is 11.7. The molecular formula is C14H24N2O4. The van der Waals surface area contributed by atoms with Crippen molar-refractivity contribution >= 4 is 5.97 Å². The number of esters is 1. The van der Waals surface area contributed by atoms with Crippen LogP contribution in [0.1, 0.15) is 43.7 Å². The van der Waals surface area contributed by atoms with E-state index >= 15 is 0 Å². The molecule has 0 aromatic carbocycles. The Bertz CT molecular complexity index is 435. The van der Waals surface area contributed by atoms with Gasteiger partial charge < -0.3 is 14.2 Å². The zero-order chi connectivity index (χ0) is 15.2. The van der Waals surface area contributed by atoms with Gasteiger partial charge in [0.05, 0.1) is 43.9 Å². The second kappa shape index (κ2) is 7.40. The molecule has 1 rings (SSSR count). The zero-order valence-corrected chi connectivity index (χ0v) is 12.9. The summed E-state index contributed by atoms with van der Waals surface area (Å²) < 4.78 is 17.7. The third-order valence-electron chi connectivity index (χ3n) is 2.56. The number of aromatic nitrogens is 2. The first-order valence-corrected chi connectivity index (χ1v) is 6.75. The van der Waals surface area contributed by atoms with Crippen molar-refractivity contribution < 1.29 is 19.0 Å². The molecule has 6 heteroatoms. The summed E-state index contributed by atoms with van der Waals surface area (Å²) in [5.74, 6) is -0.370. The predicted octanol–water partition coefficient (Wildman–Crippen LogP) is 1.93. The Labute approximate surface area is 120 Å². The number of carbonyl (C=O) groups is 1. The van der Waals surface area contributed by atoms with Gasteiger partial charge in [-0.3, -0.25) is 4.68 Å². The highest BCUT2D eigenvalue weighted by Crippen LogP contribution is 2.11. The SMILES string of the molecule is CCOC(=O)c1cnn(C)c1COCCOC(C)(C)C. The molecule has 114 valence electrons. The van der Waals surface area contributed by atoms with Crippen molar-refractivity contribution in [2.75, 3.05) is 19.8 Å². The standard InChI is InChI=1S/C14H24N2O4/c1-6-19-13(17)11-9-15-16(5)12(11)10-18-7-8-20-14(2,3)4/h9H,6-8,10H2,1-5H3. The Kier molecular flexibility index (Phi) is 6.16. The summed E-state index contributed by atoms with van der Waals surface area (Å²) in [7, 11) is 1.77. The summed E-state index contributed by atoms with van der Waals surface area (Å²) in [5.41, 5.74) is 0.983. The third kappa shape index (κ3) is 5.30. The van der Waals surface area contributed by atoms with E-state index in [0.717, 1.165) is 0 Å². The predicted molar refractivity (Wildman–Crippen MR) is 74.5 cm³/mol. The van der Waals surface area contributed by atoms with Crippen molar-refractivity contribution in [1.29, 1.82) is 0 Å². The van der Waals surface area contributed by atoms with E-state index in [2.05, 4.69) is 5.10 Å². The summed E-state index contributed by atoms with van der Waals surface area (Å²) in [5, 5.41) is 4.06. The van der Waals surface area contributed by atoms with Crippen LogP contribution in [0.2, 0.25) is 0 Å². The molecule has 0 amide bonds. The molecular weight excluding hydrogens is 260 g/mol. The second-order valence-corrected chi connectivity index (χ2v) is 5.36. The maximum Gasteiger partial charge on any atom is 0.341 e. The Morgan fingerprint density at radius 2 is 2.05 bits per heavy atom. The van der Waals surface area contributed by atoms with E-state index in [1.165, 1.54) is 6.20 Å². The summed E-state index contributed by atoms with van der Waals surface area (Å²) in [6.45, 7) is 9.37. The van der Waals surface area contributed by atoms with E-state index in [1.54, 1.807) is 18.7 Å². The quantitative estimate of drug-likeness (QED) is 0.565. The number of hydrogen-bond donors (Lipinski definition) is 0. The summed E-state index contributed by atoms with van der Waals surface area (Å²) >= 11 is 0. The molecule has 0 atom stereocenters. The average molecular weight is 284 g/mol. The van der Waals surface area contributed by atoms with E-state index in [-0.39, 0.29) is 11.6 Å². The van der Waals surface area contributed by atoms with Gasteiger partial charge in [-0.2, -0.15) is 5.10 Å². The number of hydrogen-bond acceptors (Lipinski definition) is 5. The minimum Gasteiger partial charge on any atom is -0.462 e. The minimum atomic E-state index is -0.370. The molecule has 0 saturated heterocycles. The second-order valence-electron chi connectivity index (χ2n) is 5.36. The summed E-state index contributed by atoms with van der Waals surface area (Å²) in [6.07, 6.45) is 1.50. The van der Waals surface area contributed by atoms with Crippen LogP contribution in [0, 0.1) is 0 Å². The number of carbonyl (C=O) groups excluding carboxylic acids is 1. The smallest absolute Gasteiger partial charge is 0.341 e. The van der Waals surface area contributed by atoms with Crippen LogP contribution < -0.4 is 0 Å². The zero-order valence-electron chi connectivity index (χ0n) is 12.9. The lowest BCUT2D eigenvalue weighted by molar-refractivity contribution is -0.0384. The first kappa shape index (κ1) is 16.7. The van der Waals surface area contributed by atoms with Gasteiger partial charge in [0, 0.05) is 7.05 Å². The van der Waals surface area contributed by atoms with Crippen LogP contribution in [0.25, 0.3) is 0 Å². The monoisotopic (exact) mass is 284 g/mol. The van der Waals surface area contributed by atoms with Crippen LogP contribution in [-0.2, 0) is 27.9 Å². The fourth-order valence-corrected chi connectivity index (χ4v) is 1.59. The van der Waals surface area contributed by atoms with Crippen molar-refractivity contribution in [3.63, 3.8) is 0 Å². The van der Waals surface area contributed by atoms with Gasteiger partial charge in [-0.25, -0.2) is 4.79 Å². The van der Waals surface area contributed by atoms with Gasteiger partial charge in [0.1, 0.15) is 5.56 Å². The highest BCUT2D eigenvalue weighted by atomic mass is 16.5. The van der Waals surface area contributed by atoms with Crippen LogP contribution in [0.15, 0.2) is 6.20 Å². The molecule has 0 aliphatic heterocycles.